The monoisotopic (exact) mass is 292 g/mol. The molecule has 3 nitrogen and oxygen atoms in total. The first-order valence-electron chi connectivity index (χ1n) is 6.20. The molecular formula is C14H16N2OS2. The predicted molar refractivity (Wildman–Crippen MR) is 84.8 cm³/mol. The van der Waals surface area contributed by atoms with Gasteiger partial charge in [-0.3, -0.25) is 4.79 Å². The summed E-state index contributed by atoms with van der Waals surface area (Å²) in [6.07, 6.45) is 1.70. The minimum absolute atomic E-state index is 0.104. The van der Waals surface area contributed by atoms with Gasteiger partial charge in [0.1, 0.15) is 0 Å². The van der Waals surface area contributed by atoms with Crippen molar-refractivity contribution in [2.24, 2.45) is 5.73 Å². The lowest BCUT2D eigenvalue weighted by molar-refractivity contribution is 0.0950. The summed E-state index contributed by atoms with van der Waals surface area (Å²) in [5.41, 5.74) is 5.64. The van der Waals surface area contributed by atoms with Crippen LogP contribution in [0.3, 0.4) is 0 Å². The van der Waals surface area contributed by atoms with Gasteiger partial charge in [-0.2, -0.15) is 0 Å². The molecule has 1 aromatic carbocycles. The van der Waals surface area contributed by atoms with Gasteiger partial charge in [-0.25, -0.2) is 0 Å². The molecule has 0 fully saturated rings. The maximum atomic E-state index is 12.2. The average Bonchev–Trinajstić information content (AvgIpc) is 2.81. The summed E-state index contributed by atoms with van der Waals surface area (Å²) in [7, 11) is 0. The molecule has 2 rings (SSSR count). The molecule has 5 heteroatoms. The van der Waals surface area contributed by atoms with Crippen LogP contribution in [0.4, 0.5) is 0 Å². The van der Waals surface area contributed by atoms with Gasteiger partial charge in [-0.15, -0.1) is 11.3 Å². The third kappa shape index (κ3) is 3.30. The molecule has 0 aliphatic heterocycles. The molecule has 1 heterocycles. The lowest BCUT2D eigenvalue weighted by Gasteiger charge is -2.15. The summed E-state index contributed by atoms with van der Waals surface area (Å²) in [6, 6.07) is 9.62. The van der Waals surface area contributed by atoms with Crippen molar-refractivity contribution in [2.45, 2.75) is 25.8 Å². The summed E-state index contributed by atoms with van der Waals surface area (Å²) in [5.74, 6) is -0.104. The topological polar surface area (TPSA) is 55.1 Å². The standard InChI is InChI=1S/C14H16N2OS2/c1-2-5-10(13(15)18)16-14(17)12-8-9-6-3-4-7-11(9)19-12/h3-4,6-8,10H,2,5H2,1H3,(H2,15,18)(H,16,17). The molecule has 19 heavy (non-hydrogen) atoms. The Morgan fingerprint density at radius 1 is 1.47 bits per heavy atom. The van der Waals surface area contributed by atoms with Crippen LogP contribution in [0.15, 0.2) is 30.3 Å². The van der Waals surface area contributed by atoms with Crippen LogP contribution in [-0.4, -0.2) is 16.9 Å². The van der Waals surface area contributed by atoms with E-state index in [1.807, 2.05) is 37.3 Å². The Morgan fingerprint density at radius 3 is 2.84 bits per heavy atom. The first-order chi connectivity index (χ1) is 9.11. The minimum Gasteiger partial charge on any atom is -0.392 e. The molecule has 0 radical (unpaired) electrons. The number of hydrogen-bond acceptors (Lipinski definition) is 3. The van der Waals surface area contributed by atoms with Crippen molar-refractivity contribution >= 4 is 44.5 Å². The van der Waals surface area contributed by atoms with Crippen LogP contribution < -0.4 is 11.1 Å². The minimum atomic E-state index is -0.224. The molecule has 0 bridgehead atoms. The molecule has 2 aromatic rings. The number of amides is 1. The van der Waals surface area contributed by atoms with Crippen molar-refractivity contribution in [3.8, 4) is 0 Å². The fourth-order valence-corrected chi connectivity index (χ4v) is 3.04. The number of nitrogens with two attached hydrogens (primary N) is 1. The Labute approximate surface area is 121 Å². The zero-order chi connectivity index (χ0) is 13.8. The van der Waals surface area contributed by atoms with E-state index in [1.165, 1.54) is 11.3 Å². The lowest BCUT2D eigenvalue weighted by Crippen LogP contribution is -2.43. The Balaban J connectivity index is 2.16. The van der Waals surface area contributed by atoms with Gasteiger partial charge in [0.15, 0.2) is 0 Å². The zero-order valence-corrected chi connectivity index (χ0v) is 12.3. The van der Waals surface area contributed by atoms with E-state index >= 15 is 0 Å². The molecule has 0 saturated carbocycles. The largest absolute Gasteiger partial charge is 0.392 e. The molecule has 1 unspecified atom stereocenters. The number of nitrogens with one attached hydrogen (secondary N) is 1. The number of thiocarbonyl (C=S) groups is 1. The molecule has 0 saturated heterocycles. The van der Waals surface area contributed by atoms with Crippen LogP contribution in [0.5, 0.6) is 0 Å². The molecular weight excluding hydrogens is 276 g/mol. The third-order valence-corrected chi connectivity index (χ3v) is 4.27. The Bertz CT molecular complexity index is 573. The van der Waals surface area contributed by atoms with Gasteiger partial charge in [0.2, 0.25) is 0 Å². The number of hydrogen-bond donors (Lipinski definition) is 2. The highest BCUT2D eigenvalue weighted by atomic mass is 32.1. The van der Waals surface area contributed by atoms with Crippen LogP contribution in [0.1, 0.15) is 29.4 Å². The van der Waals surface area contributed by atoms with Gasteiger partial charge >= 0.3 is 0 Å². The van der Waals surface area contributed by atoms with Crippen molar-refractivity contribution in [3.05, 3.63) is 35.2 Å². The van der Waals surface area contributed by atoms with E-state index in [2.05, 4.69) is 5.32 Å². The molecule has 0 spiro atoms. The van der Waals surface area contributed by atoms with Gasteiger partial charge in [0, 0.05) is 4.70 Å². The summed E-state index contributed by atoms with van der Waals surface area (Å²) >= 11 is 6.46. The molecule has 1 aromatic heterocycles. The fourth-order valence-electron chi connectivity index (χ4n) is 1.90. The van der Waals surface area contributed by atoms with Crippen molar-refractivity contribution in [3.63, 3.8) is 0 Å². The smallest absolute Gasteiger partial charge is 0.261 e. The van der Waals surface area contributed by atoms with E-state index in [0.717, 1.165) is 22.9 Å². The molecule has 1 amide bonds. The van der Waals surface area contributed by atoms with Gasteiger partial charge < -0.3 is 11.1 Å². The highest BCUT2D eigenvalue weighted by Crippen LogP contribution is 2.25. The first-order valence-corrected chi connectivity index (χ1v) is 7.43. The van der Waals surface area contributed by atoms with Gasteiger partial charge in [0.25, 0.3) is 5.91 Å². The van der Waals surface area contributed by atoms with Crippen molar-refractivity contribution in [1.82, 2.24) is 5.32 Å². The average molecular weight is 292 g/mol. The molecule has 0 aliphatic rings. The van der Waals surface area contributed by atoms with E-state index in [1.54, 1.807) is 0 Å². The van der Waals surface area contributed by atoms with Crippen molar-refractivity contribution in [2.75, 3.05) is 0 Å². The van der Waals surface area contributed by atoms with Crippen LogP contribution >= 0.6 is 23.6 Å². The normalized spacial score (nSPS) is 12.3. The maximum absolute atomic E-state index is 12.2. The number of fused-ring (bicyclic) bond motifs is 1. The Morgan fingerprint density at radius 2 is 2.21 bits per heavy atom. The molecule has 1 atom stereocenters. The number of benzene rings is 1. The van der Waals surface area contributed by atoms with Gasteiger partial charge in [-0.05, 0) is 23.9 Å². The summed E-state index contributed by atoms with van der Waals surface area (Å²) in [5, 5.41) is 3.98. The summed E-state index contributed by atoms with van der Waals surface area (Å²) in [4.78, 5) is 13.2. The number of thiophene rings is 1. The van der Waals surface area contributed by atoms with E-state index in [4.69, 9.17) is 18.0 Å². The van der Waals surface area contributed by atoms with E-state index in [-0.39, 0.29) is 11.9 Å². The highest BCUT2D eigenvalue weighted by Gasteiger charge is 2.17. The zero-order valence-electron chi connectivity index (χ0n) is 10.7. The quantitative estimate of drug-likeness (QED) is 0.833. The van der Waals surface area contributed by atoms with Crippen LogP contribution in [0.2, 0.25) is 0 Å². The van der Waals surface area contributed by atoms with Crippen molar-refractivity contribution in [1.29, 1.82) is 0 Å². The van der Waals surface area contributed by atoms with Crippen molar-refractivity contribution < 1.29 is 4.79 Å². The van der Waals surface area contributed by atoms with E-state index < -0.39 is 0 Å². The first kappa shape index (κ1) is 14.0. The van der Waals surface area contributed by atoms with Crippen LogP contribution in [0, 0.1) is 0 Å². The second kappa shape index (κ2) is 6.12. The van der Waals surface area contributed by atoms with E-state index in [9.17, 15) is 4.79 Å². The number of carbonyl (C=O) groups excluding carboxylic acids is 1. The summed E-state index contributed by atoms with van der Waals surface area (Å²) < 4.78 is 1.11. The number of carbonyl (C=O) groups is 1. The maximum Gasteiger partial charge on any atom is 0.261 e. The second-order valence-corrected chi connectivity index (χ2v) is 5.92. The lowest BCUT2D eigenvalue weighted by atomic mass is 10.1. The SMILES string of the molecule is CCCC(NC(=O)c1cc2ccccc2s1)C(N)=S. The molecule has 100 valence electrons. The fraction of sp³-hybridized carbons (Fsp3) is 0.286. The van der Waals surface area contributed by atoms with Crippen LogP contribution in [-0.2, 0) is 0 Å². The van der Waals surface area contributed by atoms with Crippen LogP contribution in [0.25, 0.3) is 10.1 Å². The van der Waals surface area contributed by atoms with Gasteiger partial charge in [-0.1, -0.05) is 43.8 Å². The number of rotatable bonds is 5. The molecule has 0 aliphatic carbocycles. The predicted octanol–water partition coefficient (Wildman–Crippen LogP) is 3.09. The third-order valence-electron chi connectivity index (χ3n) is 2.88. The van der Waals surface area contributed by atoms with E-state index in [0.29, 0.717) is 9.87 Å². The Kier molecular flexibility index (Phi) is 4.50. The highest BCUT2D eigenvalue weighted by molar-refractivity contribution is 7.80. The summed E-state index contributed by atoms with van der Waals surface area (Å²) in [6.45, 7) is 2.04. The Hall–Kier alpha value is -1.46. The van der Waals surface area contributed by atoms with Gasteiger partial charge in [0.05, 0.1) is 15.9 Å². The molecule has 3 N–H and O–H groups in total. The second-order valence-electron chi connectivity index (χ2n) is 4.37.